The second kappa shape index (κ2) is 12.0. The Hall–Kier alpha value is -3.38. The van der Waals surface area contributed by atoms with Crippen LogP contribution in [0.5, 0.6) is 11.5 Å². The van der Waals surface area contributed by atoms with E-state index in [0.29, 0.717) is 30.3 Å². The fraction of sp³-hybridized carbons (Fsp3) is 0.406. The molecule has 3 aromatic rings. The van der Waals surface area contributed by atoms with Crippen molar-refractivity contribution in [2.75, 3.05) is 27.3 Å². The van der Waals surface area contributed by atoms with Crippen molar-refractivity contribution in [2.24, 2.45) is 5.92 Å². The van der Waals surface area contributed by atoms with Gasteiger partial charge in [-0.05, 0) is 103 Å². The largest absolute Gasteiger partial charge is 0.497 e. The molecule has 2 aliphatic rings. The first-order valence-corrected chi connectivity index (χ1v) is 13.5. The first-order chi connectivity index (χ1) is 18.5. The van der Waals surface area contributed by atoms with Crippen molar-refractivity contribution < 1.29 is 23.4 Å². The van der Waals surface area contributed by atoms with E-state index in [1.165, 1.54) is 26.0 Å². The second-order valence-corrected chi connectivity index (χ2v) is 10.4. The van der Waals surface area contributed by atoms with Crippen LogP contribution < -0.4 is 9.47 Å². The van der Waals surface area contributed by atoms with Crippen LogP contribution in [0.25, 0.3) is 11.1 Å². The molecule has 0 bridgehead atoms. The molecule has 5 nitrogen and oxygen atoms in total. The molecule has 1 aliphatic carbocycles. The fourth-order valence-electron chi connectivity index (χ4n) is 5.47. The molecule has 0 spiro atoms. The number of likely N-dealkylation sites (tertiary alicyclic amines) is 1. The zero-order valence-electron chi connectivity index (χ0n) is 22.3. The Morgan fingerprint density at radius 2 is 1.79 bits per heavy atom. The quantitative estimate of drug-likeness (QED) is 0.264. The van der Waals surface area contributed by atoms with E-state index in [2.05, 4.69) is 23.1 Å². The zero-order chi connectivity index (χ0) is 26.5. The molecule has 2 fully saturated rings. The number of esters is 1. The van der Waals surface area contributed by atoms with Crippen molar-refractivity contribution in [3.63, 3.8) is 0 Å². The highest BCUT2D eigenvalue weighted by atomic mass is 19.1. The average molecular weight is 518 g/mol. The second-order valence-electron chi connectivity index (χ2n) is 10.4. The van der Waals surface area contributed by atoms with Crippen LogP contribution in [-0.2, 0) is 22.7 Å². The van der Waals surface area contributed by atoms with Crippen molar-refractivity contribution in [3.05, 3.63) is 83.2 Å². The molecular formula is C32H36FNO4. The van der Waals surface area contributed by atoms with Gasteiger partial charge in [0.2, 0.25) is 0 Å². The summed E-state index contributed by atoms with van der Waals surface area (Å²) in [4.78, 5) is 14.4. The normalized spacial score (nSPS) is 16.3. The summed E-state index contributed by atoms with van der Waals surface area (Å²) in [6.07, 6.45) is 5.08. The lowest BCUT2D eigenvalue weighted by Gasteiger charge is -2.20. The molecule has 0 amide bonds. The Bertz CT molecular complexity index is 1270. The molecule has 6 heteroatoms. The number of ether oxygens (including phenoxy) is 3. The van der Waals surface area contributed by atoms with Gasteiger partial charge in [-0.1, -0.05) is 30.3 Å². The summed E-state index contributed by atoms with van der Waals surface area (Å²) in [6, 6.07) is 19.1. The number of carbonyl (C=O) groups excluding carboxylic acids is 1. The molecule has 5 rings (SSSR count). The summed E-state index contributed by atoms with van der Waals surface area (Å²) in [5.41, 5.74) is 4.67. The van der Waals surface area contributed by atoms with Crippen molar-refractivity contribution in [1.29, 1.82) is 0 Å². The van der Waals surface area contributed by atoms with Gasteiger partial charge in [-0.3, -0.25) is 9.69 Å². The van der Waals surface area contributed by atoms with Crippen molar-refractivity contribution in [2.45, 2.75) is 51.2 Å². The number of halogens is 1. The number of carbonyl (C=O) groups is 1. The van der Waals surface area contributed by atoms with Crippen LogP contribution in [0.4, 0.5) is 4.39 Å². The van der Waals surface area contributed by atoms with Gasteiger partial charge in [-0.2, -0.15) is 0 Å². The molecule has 1 saturated heterocycles. The Balaban J connectivity index is 1.36. The summed E-state index contributed by atoms with van der Waals surface area (Å²) in [5, 5.41) is 0. The minimum Gasteiger partial charge on any atom is -0.497 e. The minimum absolute atomic E-state index is 0.162. The topological polar surface area (TPSA) is 48.0 Å². The molecule has 0 N–H and O–H groups in total. The van der Waals surface area contributed by atoms with Crippen LogP contribution in [0.2, 0.25) is 0 Å². The third kappa shape index (κ3) is 6.36. The Morgan fingerprint density at radius 3 is 2.53 bits per heavy atom. The molecular weight excluding hydrogens is 481 g/mol. The number of methoxy groups -OCH3 is 2. The molecule has 38 heavy (non-hydrogen) atoms. The van der Waals surface area contributed by atoms with Crippen molar-refractivity contribution in [3.8, 4) is 22.6 Å². The molecule has 0 unspecified atom stereocenters. The summed E-state index contributed by atoms with van der Waals surface area (Å²) in [7, 11) is 3.04. The zero-order valence-corrected chi connectivity index (χ0v) is 22.3. The summed E-state index contributed by atoms with van der Waals surface area (Å²) in [6.45, 7) is 3.29. The highest BCUT2D eigenvalue weighted by Crippen LogP contribution is 2.45. The van der Waals surface area contributed by atoms with Crippen molar-refractivity contribution >= 4 is 5.97 Å². The van der Waals surface area contributed by atoms with Gasteiger partial charge in [0.1, 0.15) is 23.9 Å². The van der Waals surface area contributed by atoms with Gasteiger partial charge in [-0.25, -0.2) is 4.39 Å². The average Bonchev–Trinajstić information content (AvgIpc) is 3.66. The molecule has 1 atom stereocenters. The van der Waals surface area contributed by atoms with E-state index in [4.69, 9.17) is 14.2 Å². The van der Waals surface area contributed by atoms with Crippen LogP contribution in [0.1, 0.15) is 54.7 Å². The standard InChI is InChI=1S/C32H36FNO4/c1-36-26-11-13-31(33)30(18-26)28-12-8-22(16-25(28)20-34-14-3-4-15-34)21-38-27-7-5-6-24(17-27)29(23-9-10-23)19-32(35)37-2/h5-8,11-13,16-18,23,29H,3-4,9-10,14-15,19-21H2,1-2H3/t29-/m0/s1. The monoisotopic (exact) mass is 517 g/mol. The van der Waals surface area contributed by atoms with Crippen LogP contribution in [0, 0.1) is 11.7 Å². The summed E-state index contributed by atoms with van der Waals surface area (Å²) >= 11 is 0. The van der Waals surface area contributed by atoms with Gasteiger partial charge in [0.05, 0.1) is 20.6 Å². The molecule has 1 heterocycles. The first-order valence-electron chi connectivity index (χ1n) is 13.5. The van der Waals surface area contributed by atoms with Gasteiger partial charge in [-0.15, -0.1) is 0 Å². The predicted octanol–water partition coefficient (Wildman–Crippen LogP) is 6.73. The molecule has 1 saturated carbocycles. The highest BCUT2D eigenvalue weighted by Gasteiger charge is 2.34. The number of hydrogen-bond donors (Lipinski definition) is 0. The first kappa shape index (κ1) is 26.2. The molecule has 200 valence electrons. The van der Waals surface area contributed by atoms with Gasteiger partial charge >= 0.3 is 5.97 Å². The molecule has 3 aromatic carbocycles. The van der Waals surface area contributed by atoms with E-state index in [9.17, 15) is 9.18 Å². The molecule has 0 radical (unpaired) electrons. The molecule has 0 aromatic heterocycles. The van der Waals surface area contributed by atoms with Crippen LogP contribution in [0.3, 0.4) is 0 Å². The Kier molecular flexibility index (Phi) is 8.28. The van der Waals surface area contributed by atoms with E-state index in [1.54, 1.807) is 19.2 Å². The lowest BCUT2D eigenvalue weighted by atomic mass is 9.91. The number of nitrogens with zero attached hydrogens (tertiary/aromatic N) is 1. The smallest absolute Gasteiger partial charge is 0.306 e. The van der Waals surface area contributed by atoms with E-state index in [-0.39, 0.29) is 17.7 Å². The Morgan fingerprint density at radius 1 is 0.974 bits per heavy atom. The Labute approximate surface area is 224 Å². The highest BCUT2D eigenvalue weighted by molar-refractivity contribution is 5.71. The van der Waals surface area contributed by atoms with E-state index >= 15 is 0 Å². The SMILES string of the molecule is COC(=O)C[C@H](c1cccc(OCc2ccc(-c3cc(OC)ccc3F)c(CN3CCCC3)c2)c1)C1CC1. The third-order valence-corrected chi connectivity index (χ3v) is 7.72. The number of rotatable bonds is 11. The number of hydrogen-bond acceptors (Lipinski definition) is 5. The number of benzene rings is 3. The minimum atomic E-state index is -0.258. The van der Waals surface area contributed by atoms with E-state index in [1.807, 2.05) is 24.3 Å². The summed E-state index contributed by atoms with van der Waals surface area (Å²) < 4.78 is 31.4. The van der Waals surface area contributed by atoms with E-state index < -0.39 is 0 Å². The maximum Gasteiger partial charge on any atom is 0.306 e. The van der Waals surface area contributed by atoms with Crippen LogP contribution >= 0.6 is 0 Å². The molecule has 1 aliphatic heterocycles. The van der Waals surface area contributed by atoms with Gasteiger partial charge in [0.15, 0.2) is 0 Å². The van der Waals surface area contributed by atoms with Gasteiger partial charge in [0.25, 0.3) is 0 Å². The maximum absolute atomic E-state index is 14.9. The summed E-state index contributed by atoms with van der Waals surface area (Å²) in [5.74, 6) is 1.68. The van der Waals surface area contributed by atoms with Crippen molar-refractivity contribution in [1.82, 2.24) is 4.90 Å². The van der Waals surface area contributed by atoms with Gasteiger partial charge in [0, 0.05) is 12.1 Å². The van der Waals surface area contributed by atoms with Gasteiger partial charge < -0.3 is 14.2 Å². The fourth-order valence-corrected chi connectivity index (χ4v) is 5.47. The van der Waals surface area contributed by atoms with Crippen LogP contribution in [0.15, 0.2) is 60.7 Å². The maximum atomic E-state index is 14.9. The van der Waals surface area contributed by atoms with Crippen LogP contribution in [-0.4, -0.2) is 38.2 Å². The predicted molar refractivity (Wildman–Crippen MR) is 146 cm³/mol. The lowest BCUT2D eigenvalue weighted by Crippen LogP contribution is -2.19. The third-order valence-electron chi connectivity index (χ3n) is 7.72. The lowest BCUT2D eigenvalue weighted by molar-refractivity contribution is -0.141. The van der Waals surface area contributed by atoms with E-state index in [0.717, 1.165) is 60.5 Å².